The van der Waals surface area contributed by atoms with Crippen LogP contribution in [0.3, 0.4) is 0 Å². The second-order valence-corrected chi connectivity index (χ2v) is 8.91. The van der Waals surface area contributed by atoms with Gasteiger partial charge in [0.15, 0.2) is 0 Å². The lowest BCUT2D eigenvalue weighted by Crippen LogP contribution is -2.44. The van der Waals surface area contributed by atoms with Crippen molar-refractivity contribution in [2.24, 2.45) is 5.41 Å². The smallest absolute Gasteiger partial charge is 0.339 e. The van der Waals surface area contributed by atoms with Crippen molar-refractivity contribution >= 4 is 12.0 Å². The number of fused-ring (bicyclic) bond motifs is 2. The van der Waals surface area contributed by atoms with Crippen molar-refractivity contribution in [3.63, 3.8) is 0 Å². The second kappa shape index (κ2) is 7.93. The normalized spacial score (nSPS) is 22.8. The van der Waals surface area contributed by atoms with Crippen LogP contribution in [0.25, 0.3) is 11.8 Å². The number of carbonyl (C=O) groups is 1. The van der Waals surface area contributed by atoms with Gasteiger partial charge in [-0.1, -0.05) is 24.3 Å². The molecule has 0 saturated heterocycles. The van der Waals surface area contributed by atoms with E-state index in [1.54, 1.807) is 23.0 Å². The number of aromatic nitrogens is 2. The zero-order valence-corrected chi connectivity index (χ0v) is 18.7. The summed E-state index contributed by atoms with van der Waals surface area (Å²) in [5.74, 6) is 4.33. The van der Waals surface area contributed by atoms with Gasteiger partial charge in [0, 0.05) is 11.0 Å². The Morgan fingerprint density at radius 2 is 1.91 bits per heavy atom. The molecule has 0 spiro atoms. The van der Waals surface area contributed by atoms with Crippen molar-refractivity contribution in [3.05, 3.63) is 88.3 Å². The molecule has 5 rings (SSSR count). The average Bonchev–Trinajstić information content (AvgIpc) is 3.34. The summed E-state index contributed by atoms with van der Waals surface area (Å²) in [7, 11) is 1.22. The maximum atomic E-state index is 13.7. The van der Waals surface area contributed by atoms with Crippen LogP contribution in [0, 0.1) is 28.9 Å². The fourth-order valence-corrected chi connectivity index (χ4v) is 4.92. The summed E-state index contributed by atoms with van der Waals surface area (Å²) in [6, 6.07) is 9.85. The Morgan fingerprint density at radius 1 is 1.18 bits per heavy atom. The molecule has 0 radical (unpaired) electrons. The lowest BCUT2D eigenvalue weighted by atomic mass is 9.67. The van der Waals surface area contributed by atoms with Gasteiger partial charge in [0.2, 0.25) is 0 Å². The first-order chi connectivity index (χ1) is 16.2. The highest BCUT2D eigenvalue weighted by atomic mass is 19.1. The van der Waals surface area contributed by atoms with Crippen LogP contribution in [0.15, 0.2) is 54.2 Å². The summed E-state index contributed by atoms with van der Waals surface area (Å²) in [4.78, 5) is 12.1. The van der Waals surface area contributed by atoms with Crippen molar-refractivity contribution in [1.29, 1.82) is 0 Å². The Morgan fingerprint density at radius 3 is 2.65 bits per heavy atom. The third kappa shape index (κ3) is 3.42. The van der Waals surface area contributed by atoms with E-state index in [1.165, 1.54) is 31.4 Å². The van der Waals surface area contributed by atoms with Crippen LogP contribution in [0.5, 0.6) is 0 Å². The lowest BCUT2D eigenvalue weighted by Gasteiger charge is -2.39. The summed E-state index contributed by atoms with van der Waals surface area (Å²) in [5.41, 5.74) is 1.96. The monoisotopic (exact) mass is 460 g/mol. The van der Waals surface area contributed by atoms with E-state index in [0.29, 0.717) is 24.8 Å². The molecular formula is C27H22F2N2O3. The molecule has 5 nitrogen and oxygen atoms in total. The number of aliphatic hydroxyl groups is 1. The number of hydrogen-bond donors (Lipinski definition) is 1. The summed E-state index contributed by atoms with van der Waals surface area (Å²) < 4.78 is 33.6. The minimum absolute atomic E-state index is 0.0176. The number of carbonyl (C=O) groups excluding carboxylic acids is 1. The van der Waals surface area contributed by atoms with Gasteiger partial charge in [-0.3, -0.25) is 0 Å². The lowest BCUT2D eigenvalue weighted by molar-refractivity contribution is 0.0153. The van der Waals surface area contributed by atoms with E-state index in [0.717, 1.165) is 28.6 Å². The van der Waals surface area contributed by atoms with E-state index in [4.69, 9.17) is 4.74 Å². The molecular weight excluding hydrogens is 438 g/mol. The van der Waals surface area contributed by atoms with Gasteiger partial charge in [0.1, 0.15) is 17.2 Å². The fraction of sp³-hybridized carbons (Fsp3) is 0.259. The molecule has 1 saturated carbocycles. The first kappa shape index (κ1) is 22.1. The Hall–Kier alpha value is -3.76. The molecule has 2 aromatic carbocycles. The standard InChI is InChI=1S/C27H22F2N2O3/c1-26-15-18-16-30-31(22-7-5-20(28)6-8-22)24(18)13-19(26)10-12-27(26,33)11-9-17-3-4-21(29)14-23(17)25(32)34-2/h3-8,13-14,16,33H,10,12,15H2,1-2H3/t26?,27-/m0/s1. The van der Waals surface area contributed by atoms with Gasteiger partial charge >= 0.3 is 5.97 Å². The van der Waals surface area contributed by atoms with Crippen LogP contribution in [0.4, 0.5) is 8.78 Å². The third-order valence-electron chi connectivity index (χ3n) is 6.98. The number of rotatable bonds is 2. The number of halogens is 2. The molecule has 1 aromatic heterocycles. The Bertz CT molecular complexity index is 1400. The minimum Gasteiger partial charge on any atom is -0.465 e. The van der Waals surface area contributed by atoms with Gasteiger partial charge in [0.05, 0.1) is 30.3 Å². The van der Waals surface area contributed by atoms with Crippen LogP contribution in [-0.4, -0.2) is 33.6 Å². The number of methoxy groups -OCH3 is 1. The molecule has 1 fully saturated rings. The number of ether oxygens (including phenoxy) is 1. The van der Waals surface area contributed by atoms with Crippen LogP contribution >= 0.6 is 0 Å². The zero-order chi connectivity index (χ0) is 24.1. The van der Waals surface area contributed by atoms with Gasteiger partial charge in [-0.05, 0) is 73.4 Å². The molecule has 2 aliphatic rings. The molecule has 1 heterocycles. The fourth-order valence-electron chi connectivity index (χ4n) is 4.92. The predicted octanol–water partition coefficient (Wildman–Crippen LogP) is 4.46. The predicted molar refractivity (Wildman–Crippen MR) is 122 cm³/mol. The third-order valence-corrected chi connectivity index (χ3v) is 6.98. The molecule has 1 unspecified atom stereocenters. The number of benzene rings is 2. The van der Waals surface area contributed by atoms with Crippen LogP contribution in [0.1, 0.15) is 46.9 Å². The van der Waals surface area contributed by atoms with Gasteiger partial charge in [-0.2, -0.15) is 5.10 Å². The van der Waals surface area contributed by atoms with E-state index in [9.17, 15) is 18.7 Å². The van der Waals surface area contributed by atoms with Crippen molar-refractivity contribution in [3.8, 4) is 17.5 Å². The molecule has 1 N–H and O–H groups in total. The molecule has 0 bridgehead atoms. The van der Waals surface area contributed by atoms with Crippen LogP contribution in [-0.2, 0) is 11.2 Å². The van der Waals surface area contributed by atoms with E-state index >= 15 is 0 Å². The SMILES string of the molecule is COC(=O)c1cc(F)ccc1C#C[C@]1(O)CCC2=Cc3c(cnn3-c3ccc(F)cc3)CC21C. The van der Waals surface area contributed by atoms with Gasteiger partial charge in [-0.25, -0.2) is 18.3 Å². The van der Waals surface area contributed by atoms with Gasteiger partial charge < -0.3 is 9.84 Å². The Balaban J connectivity index is 1.52. The average molecular weight is 460 g/mol. The zero-order valence-electron chi connectivity index (χ0n) is 18.7. The highest BCUT2D eigenvalue weighted by molar-refractivity contribution is 5.92. The highest BCUT2D eigenvalue weighted by Crippen LogP contribution is 2.55. The number of hydrogen-bond acceptors (Lipinski definition) is 4. The quantitative estimate of drug-likeness (QED) is 0.453. The molecule has 2 atom stereocenters. The van der Waals surface area contributed by atoms with Crippen molar-refractivity contribution in [2.75, 3.05) is 7.11 Å². The van der Waals surface area contributed by atoms with Crippen LogP contribution < -0.4 is 0 Å². The Labute approximate surface area is 195 Å². The van der Waals surface area contributed by atoms with Crippen molar-refractivity contribution in [2.45, 2.75) is 31.8 Å². The molecule has 0 amide bonds. The van der Waals surface area contributed by atoms with Crippen molar-refractivity contribution < 1.29 is 23.4 Å². The summed E-state index contributed by atoms with van der Waals surface area (Å²) >= 11 is 0. The molecule has 34 heavy (non-hydrogen) atoms. The summed E-state index contributed by atoms with van der Waals surface area (Å²) in [6.45, 7) is 1.98. The van der Waals surface area contributed by atoms with E-state index in [1.807, 2.05) is 13.0 Å². The molecule has 2 aliphatic carbocycles. The number of nitrogens with zero attached hydrogens (tertiary/aromatic N) is 2. The van der Waals surface area contributed by atoms with Gasteiger partial charge in [-0.15, -0.1) is 0 Å². The van der Waals surface area contributed by atoms with E-state index in [-0.39, 0.29) is 11.4 Å². The van der Waals surface area contributed by atoms with Crippen molar-refractivity contribution in [1.82, 2.24) is 9.78 Å². The molecule has 3 aromatic rings. The topological polar surface area (TPSA) is 64.3 Å². The highest BCUT2D eigenvalue weighted by Gasteiger charge is 2.54. The largest absolute Gasteiger partial charge is 0.465 e. The molecule has 7 heteroatoms. The first-order valence-corrected chi connectivity index (χ1v) is 10.9. The Kier molecular flexibility index (Phi) is 5.14. The first-order valence-electron chi connectivity index (χ1n) is 10.9. The maximum absolute atomic E-state index is 13.7. The molecule has 172 valence electrons. The summed E-state index contributed by atoms with van der Waals surface area (Å²) in [5, 5.41) is 16.1. The van der Waals surface area contributed by atoms with Crippen LogP contribution in [0.2, 0.25) is 0 Å². The maximum Gasteiger partial charge on any atom is 0.339 e. The minimum atomic E-state index is -1.35. The second-order valence-electron chi connectivity index (χ2n) is 8.91. The number of esters is 1. The summed E-state index contributed by atoms with van der Waals surface area (Å²) in [6.07, 6.45) is 5.38. The van der Waals surface area contributed by atoms with Gasteiger partial charge in [0.25, 0.3) is 0 Å². The van der Waals surface area contributed by atoms with E-state index < -0.39 is 22.8 Å². The van der Waals surface area contributed by atoms with E-state index in [2.05, 4.69) is 16.9 Å². The molecule has 0 aliphatic heterocycles.